The first-order valence-corrected chi connectivity index (χ1v) is 10.5. The van der Waals surface area contributed by atoms with Crippen molar-refractivity contribution >= 4 is 23.8 Å². The fraction of sp³-hybridized carbons (Fsp3) is 0.545. The van der Waals surface area contributed by atoms with Gasteiger partial charge in [0.15, 0.2) is 0 Å². The second-order valence-corrected chi connectivity index (χ2v) is 7.92. The van der Waals surface area contributed by atoms with Gasteiger partial charge in [0.25, 0.3) is 5.91 Å². The van der Waals surface area contributed by atoms with Crippen LogP contribution in [-0.4, -0.2) is 67.0 Å². The summed E-state index contributed by atoms with van der Waals surface area (Å²) in [6, 6.07) is 6.03. The van der Waals surface area contributed by atoms with E-state index in [0.29, 0.717) is 25.3 Å². The van der Waals surface area contributed by atoms with Crippen molar-refractivity contribution < 1.29 is 28.7 Å². The number of hydrogen-bond donors (Lipinski definition) is 1. The number of carbonyl (C=O) groups is 4. The van der Waals surface area contributed by atoms with Gasteiger partial charge in [-0.2, -0.15) is 0 Å². The third-order valence-corrected chi connectivity index (χ3v) is 5.90. The van der Waals surface area contributed by atoms with Gasteiger partial charge >= 0.3 is 12.0 Å². The normalized spacial score (nSPS) is 19.4. The summed E-state index contributed by atoms with van der Waals surface area (Å²) in [6.45, 7) is 1.36. The van der Waals surface area contributed by atoms with Crippen LogP contribution in [0.1, 0.15) is 37.7 Å². The first kappa shape index (κ1) is 22.6. The highest BCUT2D eigenvalue weighted by Gasteiger charge is 2.38. The fourth-order valence-corrected chi connectivity index (χ4v) is 3.97. The Hall–Kier alpha value is -3.10. The van der Waals surface area contributed by atoms with Crippen LogP contribution >= 0.6 is 0 Å². The van der Waals surface area contributed by atoms with Crippen LogP contribution in [0.25, 0.3) is 0 Å². The van der Waals surface area contributed by atoms with Crippen LogP contribution in [0.2, 0.25) is 0 Å². The number of imide groups is 1. The highest BCUT2D eigenvalue weighted by molar-refractivity contribution is 6.04. The van der Waals surface area contributed by atoms with Gasteiger partial charge in [0.05, 0.1) is 20.8 Å². The number of likely N-dealkylation sites (tertiary alicyclic amines) is 1. The lowest BCUT2D eigenvalue weighted by molar-refractivity contribution is -0.142. The molecule has 168 valence electrons. The number of esters is 1. The predicted molar refractivity (Wildman–Crippen MR) is 111 cm³/mol. The van der Waals surface area contributed by atoms with Gasteiger partial charge in [-0.15, -0.1) is 0 Å². The Kier molecular flexibility index (Phi) is 7.49. The molecule has 2 fully saturated rings. The number of hydrogen-bond acceptors (Lipinski definition) is 6. The van der Waals surface area contributed by atoms with E-state index in [1.54, 1.807) is 36.3 Å². The van der Waals surface area contributed by atoms with Gasteiger partial charge in [-0.05, 0) is 42.9 Å². The van der Waals surface area contributed by atoms with Gasteiger partial charge in [-0.3, -0.25) is 19.3 Å². The lowest BCUT2D eigenvalue weighted by Crippen LogP contribution is -2.40. The van der Waals surface area contributed by atoms with E-state index in [-0.39, 0.29) is 43.1 Å². The van der Waals surface area contributed by atoms with Crippen LogP contribution in [0, 0.1) is 5.92 Å². The Morgan fingerprint density at radius 3 is 2.39 bits per heavy atom. The van der Waals surface area contributed by atoms with Crippen molar-refractivity contribution in [3.05, 3.63) is 29.8 Å². The Labute approximate surface area is 181 Å². The van der Waals surface area contributed by atoms with Gasteiger partial charge < -0.3 is 19.7 Å². The van der Waals surface area contributed by atoms with E-state index < -0.39 is 12.1 Å². The molecule has 1 atom stereocenters. The van der Waals surface area contributed by atoms with Crippen LogP contribution < -0.4 is 10.1 Å². The van der Waals surface area contributed by atoms with Crippen LogP contribution in [0.4, 0.5) is 4.79 Å². The third kappa shape index (κ3) is 5.74. The molecule has 31 heavy (non-hydrogen) atoms. The summed E-state index contributed by atoms with van der Waals surface area (Å²) in [5, 5.41) is 2.68. The zero-order chi connectivity index (χ0) is 22.4. The largest absolute Gasteiger partial charge is 0.497 e. The Balaban J connectivity index is 1.45. The summed E-state index contributed by atoms with van der Waals surface area (Å²) in [5.41, 5.74) is 0.816. The summed E-state index contributed by atoms with van der Waals surface area (Å²) in [7, 11) is 2.95. The maximum Gasteiger partial charge on any atom is 0.325 e. The van der Waals surface area contributed by atoms with Crippen molar-refractivity contribution in [1.82, 2.24) is 15.1 Å². The van der Waals surface area contributed by atoms with Crippen molar-refractivity contribution in [2.24, 2.45) is 5.92 Å². The number of urea groups is 1. The molecule has 0 saturated carbocycles. The summed E-state index contributed by atoms with van der Waals surface area (Å²) >= 11 is 0. The van der Waals surface area contributed by atoms with Crippen molar-refractivity contribution in [1.29, 1.82) is 0 Å². The van der Waals surface area contributed by atoms with E-state index >= 15 is 0 Å². The molecule has 1 aromatic rings. The van der Waals surface area contributed by atoms with Crippen LogP contribution in [0.3, 0.4) is 0 Å². The highest BCUT2D eigenvalue weighted by Crippen LogP contribution is 2.22. The predicted octanol–water partition coefficient (Wildman–Crippen LogP) is 1.70. The number of methoxy groups -OCH3 is 2. The molecule has 0 aromatic heterocycles. The summed E-state index contributed by atoms with van der Waals surface area (Å²) in [4.78, 5) is 51.8. The van der Waals surface area contributed by atoms with Gasteiger partial charge in [0.1, 0.15) is 11.8 Å². The second kappa shape index (κ2) is 10.3. The summed E-state index contributed by atoms with van der Waals surface area (Å²) < 4.78 is 9.82. The van der Waals surface area contributed by atoms with E-state index in [4.69, 9.17) is 9.47 Å². The van der Waals surface area contributed by atoms with E-state index in [0.717, 1.165) is 18.4 Å². The number of nitrogens with one attached hydrogen (secondary N) is 1. The quantitative estimate of drug-likeness (QED) is 0.496. The van der Waals surface area contributed by atoms with Gasteiger partial charge in [0, 0.05) is 25.9 Å². The van der Waals surface area contributed by atoms with Crippen LogP contribution in [-0.2, 0) is 25.7 Å². The topological polar surface area (TPSA) is 105 Å². The Bertz CT molecular complexity index is 817. The van der Waals surface area contributed by atoms with Gasteiger partial charge in [0.2, 0.25) is 5.91 Å². The molecule has 2 aliphatic rings. The number of piperidine rings is 1. The Morgan fingerprint density at radius 1 is 1.10 bits per heavy atom. The molecule has 2 aliphatic heterocycles. The molecule has 0 spiro atoms. The van der Waals surface area contributed by atoms with Crippen LogP contribution in [0.15, 0.2) is 24.3 Å². The monoisotopic (exact) mass is 431 g/mol. The number of amides is 4. The SMILES string of the molecule is COC(=O)CC1CCN(C(=O)CC[C@@H]2NC(=O)N(Cc3ccc(OC)cc3)C2=O)CC1. The average molecular weight is 431 g/mol. The number of carbonyl (C=O) groups excluding carboxylic acids is 4. The van der Waals surface area contributed by atoms with E-state index in [1.165, 1.54) is 12.0 Å². The molecule has 2 heterocycles. The molecule has 4 amide bonds. The van der Waals surface area contributed by atoms with Crippen molar-refractivity contribution in [3.8, 4) is 5.75 Å². The van der Waals surface area contributed by atoms with Gasteiger partial charge in [-0.25, -0.2) is 4.79 Å². The molecule has 0 radical (unpaired) electrons. The zero-order valence-corrected chi connectivity index (χ0v) is 18.0. The van der Waals surface area contributed by atoms with E-state index in [2.05, 4.69) is 5.32 Å². The minimum absolute atomic E-state index is 0.0350. The number of ether oxygens (including phenoxy) is 2. The number of rotatable bonds is 8. The first-order chi connectivity index (χ1) is 14.9. The molecule has 9 heteroatoms. The lowest BCUT2D eigenvalue weighted by Gasteiger charge is -2.31. The molecule has 2 saturated heterocycles. The fourth-order valence-electron chi connectivity index (χ4n) is 3.97. The highest BCUT2D eigenvalue weighted by atomic mass is 16.5. The number of benzene rings is 1. The maximum atomic E-state index is 12.7. The van der Waals surface area contributed by atoms with Crippen molar-refractivity contribution in [3.63, 3.8) is 0 Å². The summed E-state index contributed by atoms with van der Waals surface area (Å²) in [6.07, 6.45) is 2.36. The average Bonchev–Trinajstić information content (AvgIpc) is 3.05. The van der Waals surface area contributed by atoms with E-state index in [1.807, 2.05) is 0 Å². The third-order valence-electron chi connectivity index (χ3n) is 5.90. The molecule has 9 nitrogen and oxygen atoms in total. The maximum absolute atomic E-state index is 12.7. The second-order valence-electron chi connectivity index (χ2n) is 7.92. The van der Waals surface area contributed by atoms with E-state index in [9.17, 15) is 19.2 Å². The van der Waals surface area contributed by atoms with Crippen molar-refractivity contribution in [2.75, 3.05) is 27.3 Å². The molecular weight excluding hydrogens is 402 g/mol. The first-order valence-electron chi connectivity index (χ1n) is 10.5. The molecule has 1 aromatic carbocycles. The molecular formula is C22H29N3O6. The number of nitrogens with zero attached hydrogens (tertiary/aromatic N) is 2. The lowest BCUT2D eigenvalue weighted by atomic mass is 9.93. The molecule has 3 rings (SSSR count). The molecule has 1 N–H and O–H groups in total. The minimum atomic E-state index is -0.688. The Morgan fingerprint density at radius 2 is 1.77 bits per heavy atom. The van der Waals surface area contributed by atoms with Crippen molar-refractivity contribution in [2.45, 2.75) is 44.7 Å². The molecule has 0 aliphatic carbocycles. The summed E-state index contributed by atoms with van der Waals surface area (Å²) in [5.74, 6) is 0.363. The minimum Gasteiger partial charge on any atom is -0.497 e. The van der Waals surface area contributed by atoms with Crippen LogP contribution in [0.5, 0.6) is 5.75 Å². The van der Waals surface area contributed by atoms with Gasteiger partial charge in [-0.1, -0.05) is 12.1 Å². The smallest absolute Gasteiger partial charge is 0.325 e. The molecule has 0 unspecified atom stereocenters. The standard InChI is InChI=1S/C22H29N3O6/c1-30-17-5-3-16(4-6-17)14-25-21(28)18(23-22(25)29)7-8-19(26)24-11-9-15(10-12-24)13-20(27)31-2/h3-6,15,18H,7-14H2,1-2H3,(H,23,29)/t18-/m0/s1. The molecule has 0 bridgehead atoms. The zero-order valence-electron chi connectivity index (χ0n) is 18.0.